The summed E-state index contributed by atoms with van der Waals surface area (Å²) < 4.78 is 0. The summed E-state index contributed by atoms with van der Waals surface area (Å²) in [5, 5.41) is 0. The molecular weight excluding hydrogens is 230 g/mol. The lowest BCUT2D eigenvalue weighted by molar-refractivity contribution is 0.759. The smallest absolute Gasteiger partial charge is 0.00772 e. The lowest BCUT2D eigenvalue weighted by atomic mass is 9.95. The maximum absolute atomic E-state index is 5.55. The molecule has 0 aliphatic carbocycles. The van der Waals surface area contributed by atoms with Crippen molar-refractivity contribution in [2.24, 2.45) is 5.73 Å². The highest BCUT2D eigenvalue weighted by atomic mass is 14.5. The van der Waals surface area contributed by atoms with Crippen molar-refractivity contribution in [1.82, 2.24) is 0 Å². The van der Waals surface area contributed by atoms with E-state index in [0.29, 0.717) is 0 Å². The van der Waals surface area contributed by atoms with E-state index in [9.17, 15) is 0 Å². The van der Waals surface area contributed by atoms with Gasteiger partial charge < -0.3 is 5.73 Å². The summed E-state index contributed by atoms with van der Waals surface area (Å²) in [6, 6.07) is 10.6. The largest absolute Gasteiger partial charge is 0.330 e. The minimum absolute atomic E-state index is 0.778. The fourth-order valence-corrected chi connectivity index (χ4v) is 2.08. The third-order valence-corrected chi connectivity index (χ3v) is 3.06. The van der Waals surface area contributed by atoms with Gasteiger partial charge in [0.25, 0.3) is 0 Å². The van der Waals surface area contributed by atoms with Gasteiger partial charge in [-0.1, -0.05) is 54.6 Å². The van der Waals surface area contributed by atoms with Crippen molar-refractivity contribution >= 4 is 5.57 Å². The summed E-state index contributed by atoms with van der Waals surface area (Å²) in [4.78, 5) is 0. The minimum atomic E-state index is 0.778. The fraction of sp³-hybridized carbons (Fsp3) is 0.333. The van der Waals surface area contributed by atoms with Crippen LogP contribution in [-0.2, 0) is 0 Å². The lowest BCUT2D eigenvalue weighted by Gasteiger charge is -2.09. The van der Waals surface area contributed by atoms with Crippen LogP contribution in [-0.4, -0.2) is 6.54 Å². The Morgan fingerprint density at radius 2 is 1.84 bits per heavy atom. The Balaban J connectivity index is 2.97. The van der Waals surface area contributed by atoms with Crippen LogP contribution < -0.4 is 5.73 Å². The Morgan fingerprint density at radius 3 is 2.42 bits per heavy atom. The number of unbranched alkanes of at least 4 members (excludes halogenated alkanes) is 2. The molecule has 0 fully saturated rings. The van der Waals surface area contributed by atoms with E-state index in [1.807, 2.05) is 0 Å². The van der Waals surface area contributed by atoms with E-state index in [1.165, 1.54) is 16.7 Å². The molecule has 1 aromatic carbocycles. The molecule has 0 unspecified atom stereocenters. The van der Waals surface area contributed by atoms with Gasteiger partial charge in [-0.2, -0.15) is 0 Å². The predicted octanol–water partition coefficient (Wildman–Crippen LogP) is 4.72. The van der Waals surface area contributed by atoms with Crippen molar-refractivity contribution in [1.29, 1.82) is 0 Å². The molecule has 0 radical (unpaired) electrons. The molecule has 0 heterocycles. The molecule has 1 rings (SSSR count). The van der Waals surface area contributed by atoms with E-state index in [1.54, 1.807) is 0 Å². The topological polar surface area (TPSA) is 26.0 Å². The molecule has 0 saturated heterocycles. The van der Waals surface area contributed by atoms with Crippen LogP contribution in [0.3, 0.4) is 0 Å². The SMILES string of the molecule is C\C=C/C(=C\C)C(=C\CCCCN)/c1ccccc1. The van der Waals surface area contributed by atoms with E-state index < -0.39 is 0 Å². The van der Waals surface area contributed by atoms with E-state index in [4.69, 9.17) is 5.73 Å². The summed E-state index contributed by atoms with van der Waals surface area (Å²) in [6.45, 7) is 4.92. The normalized spacial score (nSPS) is 13.2. The number of hydrogen-bond acceptors (Lipinski definition) is 1. The number of rotatable bonds is 7. The molecule has 0 aromatic heterocycles. The van der Waals surface area contributed by atoms with Crippen molar-refractivity contribution in [2.45, 2.75) is 33.1 Å². The monoisotopic (exact) mass is 255 g/mol. The standard InChI is InChI=1S/C18H25N/c1-3-11-16(4-2)18(14-9-6-10-15-19)17-12-7-5-8-13-17/h3-5,7-8,11-14H,6,9-10,15,19H2,1-2H3/b11-3-,16-4+,18-14+. The molecule has 1 nitrogen and oxygen atoms in total. The highest BCUT2D eigenvalue weighted by molar-refractivity contribution is 5.81. The van der Waals surface area contributed by atoms with Gasteiger partial charge in [-0.05, 0) is 56.4 Å². The van der Waals surface area contributed by atoms with Gasteiger partial charge in [0.1, 0.15) is 0 Å². The van der Waals surface area contributed by atoms with Gasteiger partial charge in [0.2, 0.25) is 0 Å². The molecule has 2 N–H and O–H groups in total. The Hall–Kier alpha value is -1.60. The van der Waals surface area contributed by atoms with Crippen molar-refractivity contribution in [2.75, 3.05) is 6.54 Å². The molecule has 0 aliphatic heterocycles. The van der Waals surface area contributed by atoms with Crippen molar-refractivity contribution < 1.29 is 0 Å². The first-order valence-corrected chi connectivity index (χ1v) is 7.08. The second kappa shape index (κ2) is 9.35. The van der Waals surface area contributed by atoms with E-state index in [0.717, 1.165) is 25.8 Å². The number of hydrogen-bond donors (Lipinski definition) is 1. The second-order valence-corrected chi connectivity index (χ2v) is 4.51. The minimum Gasteiger partial charge on any atom is -0.330 e. The van der Waals surface area contributed by atoms with Crippen LogP contribution in [0.15, 0.2) is 60.2 Å². The first-order chi connectivity index (χ1) is 9.33. The molecule has 1 aromatic rings. The zero-order valence-corrected chi connectivity index (χ0v) is 12.1. The van der Waals surface area contributed by atoms with Crippen LogP contribution in [0.25, 0.3) is 5.57 Å². The molecule has 0 aliphatic rings. The fourth-order valence-electron chi connectivity index (χ4n) is 2.08. The Kier molecular flexibility index (Phi) is 7.60. The van der Waals surface area contributed by atoms with Gasteiger partial charge >= 0.3 is 0 Å². The van der Waals surface area contributed by atoms with Gasteiger partial charge in [-0.3, -0.25) is 0 Å². The van der Waals surface area contributed by atoms with Crippen LogP contribution in [0.1, 0.15) is 38.7 Å². The third kappa shape index (κ3) is 5.27. The first-order valence-electron chi connectivity index (χ1n) is 7.08. The molecular formula is C18H25N. The summed E-state index contributed by atoms with van der Waals surface area (Å²) >= 11 is 0. The van der Waals surface area contributed by atoms with Gasteiger partial charge in [-0.25, -0.2) is 0 Å². The maximum atomic E-state index is 5.55. The summed E-state index contributed by atoms with van der Waals surface area (Å²) in [5.41, 5.74) is 9.42. The van der Waals surface area contributed by atoms with E-state index in [-0.39, 0.29) is 0 Å². The van der Waals surface area contributed by atoms with E-state index in [2.05, 4.69) is 68.5 Å². The molecule has 0 bridgehead atoms. The van der Waals surface area contributed by atoms with Crippen LogP contribution in [0.4, 0.5) is 0 Å². The predicted molar refractivity (Wildman–Crippen MR) is 85.9 cm³/mol. The zero-order chi connectivity index (χ0) is 13.9. The van der Waals surface area contributed by atoms with Gasteiger partial charge in [-0.15, -0.1) is 0 Å². The van der Waals surface area contributed by atoms with E-state index >= 15 is 0 Å². The average molecular weight is 255 g/mol. The molecule has 0 saturated carbocycles. The van der Waals surface area contributed by atoms with Crippen molar-refractivity contribution in [3.05, 3.63) is 65.8 Å². The second-order valence-electron chi connectivity index (χ2n) is 4.51. The molecule has 0 atom stereocenters. The third-order valence-electron chi connectivity index (χ3n) is 3.06. The van der Waals surface area contributed by atoms with Crippen LogP contribution in [0, 0.1) is 0 Å². The molecule has 1 heteroatoms. The number of allylic oxidation sites excluding steroid dienone is 6. The Bertz CT molecular complexity index is 438. The lowest BCUT2D eigenvalue weighted by Crippen LogP contribution is -1.97. The highest BCUT2D eigenvalue weighted by Crippen LogP contribution is 2.25. The summed E-state index contributed by atoms with van der Waals surface area (Å²) in [7, 11) is 0. The zero-order valence-electron chi connectivity index (χ0n) is 12.1. The summed E-state index contributed by atoms with van der Waals surface area (Å²) in [6.07, 6.45) is 12.1. The maximum Gasteiger partial charge on any atom is -0.00772 e. The Morgan fingerprint density at radius 1 is 1.11 bits per heavy atom. The van der Waals surface area contributed by atoms with Crippen LogP contribution >= 0.6 is 0 Å². The van der Waals surface area contributed by atoms with Crippen molar-refractivity contribution in [3.8, 4) is 0 Å². The van der Waals surface area contributed by atoms with Crippen LogP contribution in [0.5, 0.6) is 0 Å². The van der Waals surface area contributed by atoms with Gasteiger partial charge in [0.05, 0.1) is 0 Å². The molecule has 0 spiro atoms. The van der Waals surface area contributed by atoms with Gasteiger partial charge in [0, 0.05) is 0 Å². The van der Waals surface area contributed by atoms with Crippen LogP contribution in [0.2, 0.25) is 0 Å². The first kappa shape index (κ1) is 15.5. The van der Waals surface area contributed by atoms with Crippen molar-refractivity contribution in [3.63, 3.8) is 0 Å². The quantitative estimate of drug-likeness (QED) is 0.553. The summed E-state index contributed by atoms with van der Waals surface area (Å²) in [5.74, 6) is 0. The van der Waals surface area contributed by atoms with Gasteiger partial charge in [0.15, 0.2) is 0 Å². The number of nitrogens with two attached hydrogens (primary N) is 1. The molecule has 0 amide bonds. The average Bonchev–Trinajstić information content (AvgIpc) is 2.46. The number of benzene rings is 1. The molecule has 19 heavy (non-hydrogen) atoms. The highest BCUT2D eigenvalue weighted by Gasteiger charge is 2.03. The molecule has 102 valence electrons. The Labute approximate surface area is 117 Å².